The summed E-state index contributed by atoms with van der Waals surface area (Å²) in [7, 11) is 1.77. The molecule has 0 radical (unpaired) electrons. The third-order valence-electron chi connectivity index (χ3n) is 5.38. The number of nitrogens with one attached hydrogen (secondary N) is 1. The molecular formula is C21H26N6O. The molecule has 146 valence electrons. The van der Waals surface area contributed by atoms with Gasteiger partial charge in [-0.15, -0.1) is 5.10 Å². The van der Waals surface area contributed by atoms with E-state index in [0.717, 1.165) is 29.8 Å². The molecule has 0 spiro atoms. The summed E-state index contributed by atoms with van der Waals surface area (Å²) in [5, 5.41) is 15.7. The second-order valence-electron chi connectivity index (χ2n) is 7.53. The Balaban J connectivity index is 1.40. The number of rotatable bonds is 5. The van der Waals surface area contributed by atoms with E-state index in [-0.39, 0.29) is 5.91 Å². The number of aromatic amines is 1. The Hall–Kier alpha value is -2.96. The SMILES string of the molecule is CN(Cc1cc(-c2ccccc2)n[nH]1)C(=O)c1cn(C2CCCCCC2)nn1. The van der Waals surface area contributed by atoms with Crippen LogP contribution in [0.3, 0.4) is 0 Å². The predicted molar refractivity (Wildman–Crippen MR) is 107 cm³/mol. The first-order chi connectivity index (χ1) is 13.7. The summed E-state index contributed by atoms with van der Waals surface area (Å²) in [5.74, 6) is -0.129. The van der Waals surface area contributed by atoms with Crippen LogP contribution in [0, 0.1) is 0 Å². The highest BCUT2D eigenvalue weighted by atomic mass is 16.2. The zero-order valence-electron chi connectivity index (χ0n) is 16.2. The minimum atomic E-state index is -0.129. The van der Waals surface area contributed by atoms with Gasteiger partial charge in [0.1, 0.15) is 0 Å². The molecule has 2 heterocycles. The number of carbonyl (C=O) groups excluding carboxylic acids is 1. The average molecular weight is 378 g/mol. The zero-order chi connectivity index (χ0) is 19.3. The standard InChI is InChI=1S/C21H26N6O/c1-26(14-17-13-19(23-22-17)16-9-5-4-6-10-16)21(28)20-15-27(25-24-20)18-11-7-2-3-8-12-18/h4-6,9-10,13,15,18H,2-3,7-8,11-12,14H2,1H3,(H,22,23). The van der Waals surface area contributed by atoms with Crippen molar-refractivity contribution in [3.05, 3.63) is 54.0 Å². The van der Waals surface area contributed by atoms with Crippen LogP contribution in [0.1, 0.15) is 60.7 Å². The largest absolute Gasteiger partial charge is 0.334 e. The highest BCUT2D eigenvalue weighted by Crippen LogP contribution is 2.26. The van der Waals surface area contributed by atoms with Gasteiger partial charge in [-0.2, -0.15) is 5.10 Å². The first-order valence-electron chi connectivity index (χ1n) is 9.98. The van der Waals surface area contributed by atoms with Crippen LogP contribution in [0.25, 0.3) is 11.3 Å². The Kier molecular flexibility index (Phi) is 5.50. The van der Waals surface area contributed by atoms with Crippen LogP contribution in [0.4, 0.5) is 0 Å². The maximum atomic E-state index is 12.8. The van der Waals surface area contributed by atoms with E-state index >= 15 is 0 Å². The number of benzene rings is 1. The van der Waals surface area contributed by atoms with Crippen LogP contribution in [-0.4, -0.2) is 43.0 Å². The van der Waals surface area contributed by atoms with Gasteiger partial charge >= 0.3 is 0 Å². The monoisotopic (exact) mass is 378 g/mol. The molecule has 1 fully saturated rings. The van der Waals surface area contributed by atoms with Crippen molar-refractivity contribution in [2.75, 3.05) is 7.05 Å². The second-order valence-corrected chi connectivity index (χ2v) is 7.53. The molecule has 4 rings (SSSR count). The fraction of sp³-hybridized carbons (Fsp3) is 0.429. The maximum Gasteiger partial charge on any atom is 0.276 e. The first-order valence-corrected chi connectivity index (χ1v) is 9.98. The lowest BCUT2D eigenvalue weighted by atomic mass is 10.1. The fourth-order valence-corrected chi connectivity index (χ4v) is 3.80. The Labute approximate surface area is 164 Å². The summed E-state index contributed by atoms with van der Waals surface area (Å²) >= 11 is 0. The highest BCUT2D eigenvalue weighted by molar-refractivity contribution is 5.91. The number of hydrogen-bond donors (Lipinski definition) is 1. The number of hydrogen-bond acceptors (Lipinski definition) is 4. The summed E-state index contributed by atoms with van der Waals surface area (Å²) < 4.78 is 1.89. The number of aromatic nitrogens is 5. The van der Waals surface area contributed by atoms with Gasteiger partial charge in [-0.25, -0.2) is 4.68 Å². The number of H-pyrrole nitrogens is 1. The Morgan fingerprint density at radius 1 is 1.18 bits per heavy atom. The molecule has 7 nitrogen and oxygen atoms in total. The van der Waals surface area contributed by atoms with Crippen LogP contribution in [0.2, 0.25) is 0 Å². The predicted octanol–water partition coefficient (Wildman–Crippen LogP) is 3.84. The third kappa shape index (κ3) is 4.13. The minimum absolute atomic E-state index is 0.129. The molecule has 0 saturated heterocycles. The second kappa shape index (κ2) is 8.37. The van der Waals surface area contributed by atoms with Crippen molar-refractivity contribution in [2.45, 2.75) is 51.1 Å². The van der Waals surface area contributed by atoms with Crippen molar-refractivity contribution in [1.29, 1.82) is 0 Å². The van der Waals surface area contributed by atoms with Gasteiger partial charge < -0.3 is 4.90 Å². The zero-order valence-corrected chi connectivity index (χ0v) is 16.2. The van der Waals surface area contributed by atoms with Gasteiger partial charge in [0, 0.05) is 12.6 Å². The van der Waals surface area contributed by atoms with Crippen LogP contribution >= 0.6 is 0 Å². The molecule has 28 heavy (non-hydrogen) atoms. The number of carbonyl (C=O) groups is 1. The third-order valence-corrected chi connectivity index (χ3v) is 5.38. The summed E-state index contributed by atoms with van der Waals surface area (Å²) in [6, 6.07) is 12.3. The van der Waals surface area contributed by atoms with Gasteiger partial charge in [0.25, 0.3) is 5.91 Å². The van der Waals surface area contributed by atoms with E-state index < -0.39 is 0 Å². The lowest BCUT2D eigenvalue weighted by Gasteiger charge is -2.15. The molecule has 0 aliphatic heterocycles. The smallest absolute Gasteiger partial charge is 0.276 e. The average Bonchev–Trinajstić information content (AvgIpc) is 3.32. The summed E-state index contributed by atoms with van der Waals surface area (Å²) in [6.07, 6.45) is 9.04. The van der Waals surface area contributed by atoms with E-state index in [1.54, 1.807) is 18.1 Å². The minimum Gasteiger partial charge on any atom is -0.334 e. The van der Waals surface area contributed by atoms with E-state index in [2.05, 4.69) is 20.5 Å². The van der Waals surface area contributed by atoms with Crippen LogP contribution < -0.4 is 0 Å². The number of nitrogens with zero attached hydrogens (tertiary/aromatic N) is 5. The topological polar surface area (TPSA) is 79.7 Å². The normalized spacial score (nSPS) is 15.3. The van der Waals surface area contributed by atoms with Gasteiger partial charge in [-0.05, 0) is 18.9 Å². The Morgan fingerprint density at radius 2 is 1.93 bits per heavy atom. The lowest BCUT2D eigenvalue weighted by Crippen LogP contribution is -2.26. The Bertz CT molecular complexity index is 908. The van der Waals surface area contributed by atoms with Gasteiger partial charge in [0.2, 0.25) is 0 Å². The van der Waals surface area contributed by atoms with Crippen molar-refractivity contribution >= 4 is 5.91 Å². The maximum absolute atomic E-state index is 12.8. The molecule has 1 aliphatic rings. The molecule has 2 aromatic heterocycles. The van der Waals surface area contributed by atoms with Gasteiger partial charge in [0.05, 0.1) is 30.2 Å². The number of amides is 1. The fourth-order valence-electron chi connectivity index (χ4n) is 3.80. The van der Waals surface area contributed by atoms with Crippen molar-refractivity contribution < 1.29 is 4.79 Å². The van der Waals surface area contributed by atoms with Crippen molar-refractivity contribution in [1.82, 2.24) is 30.1 Å². The molecule has 1 aromatic carbocycles. The van der Waals surface area contributed by atoms with Crippen molar-refractivity contribution in [3.8, 4) is 11.3 Å². The van der Waals surface area contributed by atoms with E-state index in [4.69, 9.17) is 0 Å². The van der Waals surface area contributed by atoms with E-state index in [9.17, 15) is 4.79 Å². The van der Waals surface area contributed by atoms with E-state index in [1.165, 1.54) is 25.7 Å². The van der Waals surface area contributed by atoms with E-state index in [0.29, 0.717) is 18.3 Å². The highest BCUT2D eigenvalue weighted by Gasteiger charge is 2.20. The quantitative estimate of drug-likeness (QED) is 0.684. The molecule has 3 aromatic rings. The summed E-state index contributed by atoms with van der Waals surface area (Å²) in [4.78, 5) is 14.4. The molecule has 0 unspecified atom stereocenters. The van der Waals surface area contributed by atoms with Gasteiger partial charge in [-0.1, -0.05) is 61.2 Å². The van der Waals surface area contributed by atoms with Crippen molar-refractivity contribution in [2.24, 2.45) is 0 Å². The first kappa shape index (κ1) is 18.4. The summed E-state index contributed by atoms with van der Waals surface area (Å²) in [6.45, 7) is 0.439. The van der Waals surface area contributed by atoms with Crippen molar-refractivity contribution in [3.63, 3.8) is 0 Å². The van der Waals surface area contributed by atoms with Crippen LogP contribution in [-0.2, 0) is 6.54 Å². The molecule has 1 saturated carbocycles. The summed E-state index contributed by atoms with van der Waals surface area (Å²) in [5.41, 5.74) is 3.20. The van der Waals surface area contributed by atoms with Gasteiger partial charge in [0.15, 0.2) is 5.69 Å². The van der Waals surface area contributed by atoms with Crippen LogP contribution in [0.15, 0.2) is 42.6 Å². The van der Waals surface area contributed by atoms with E-state index in [1.807, 2.05) is 41.1 Å². The molecule has 1 aliphatic carbocycles. The molecular weight excluding hydrogens is 352 g/mol. The molecule has 7 heteroatoms. The van der Waals surface area contributed by atoms with Crippen LogP contribution in [0.5, 0.6) is 0 Å². The molecule has 1 N–H and O–H groups in total. The van der Waals surface area contributed by atoms with Gasteiger partial charge in [-0.3, -0.25) is 9.89 Å². The Morgan fingerprint density at radius 3 is 2.68 bits per heavy atom. The lowest BCUT2D eigenvalue weighted by molar-refractivity contribution is 0.0777. The molecule has 0 atom stereocenters. The molecule has 0 bridgehead atoms. The molecule has 1 amide bonds.